The summed E-state index contributed by atoms with van der Waals surface area (Å²) in [5, 5.41) is 7.29. The maximum Gasteiger partial charge on any atom is 0.191 e. The first-order chi connectivity index (χ1) is 8.31. The summed E-state index contributed by atoms with van der Waals surface area (Å²) < 4.78 is 0. The Bertz CT molecular complexity index is 344. The predicted octanol–water partition coefficient (Wildman–Crippen LogP) is 2.41. The van der Waals surface area contributed by atoms with Crippen molar-refractivity contribution in [1.29, 1.82) is 0 Å². The molecule has 2 rings (SSSR count). The van der Waals surface area contributed by atoms with Crippen molar-refractivity contribution >= 4 is 35.2 Å². The first-order valence-corrected chi connectivity index (χ1v) is 8.12. The van der Waals surface area contributed by atoms with E-state index in [0.717, 1.165) is 29.3 Å². The highest BCUT2D eigenvalue weighted by Crippen LogP contribution is 2.24. The van der Waals surface area contributed by atoms with Crippen LogP contribution in [0.1, 0.15) is 6.42 Å². The highest BCUT2D eigenvalue weighted by Gasteiger charge is 2.15. The van der Waals surface area contributed by atoms with E-state index in [1.807, 2.05) is 31.1 Å². The van der Waals surface area contributed by atoms with Crippen LogP contribution in [0.3, 0.4) is 0 Å². The predicted molar refractivity (Wildman–Crippen MR) is 77.3 cm³/mol. The minimum Gasteiger partial charge on any atom is -0.373 e. The maximum atomic E-state index is 4.45. The first-order valence-electron chi connectivity index (χ1n) is 5.74. The standard InChI is InChI=1S/C11H18N4S2/c1-12-9-5-10(15-11(14-9)16-2)13-6-8-3-4-17-7-8/h5,8H,3-4,6-7H2,1-2H3,(H2,12,13,14,15). The van der Waals surface area contributed by atoms with Crippen LogP contribution in [0.5, 0.6) is 0 Å². The number of rotatable bonds is 5. The van der Waals surface area contributed by atoms with Crippen molar-refractivity contribution in [2.24, 2.45) is 5.92 Å². The molecule has 1 fully saturated rings. The Labute approximate surface area is 111 Å². The topological polar surface area (TPSA) is 49.8 Å². The van der Waals surface area contributed by atoms with Crippen molar-refractivity contribution in [3.8, 4) is 0 Å². The van der Waals surface area contributed by atoms with Crippen LogP contribution < -0.4 is 10.6 Å². The lowest BCUT2D eigenvalue weighted by molar-refractivity contribution is 0.630. The molecule has 0 saturated carbocycles. The van der Waals surface area contributed by atoms with Gasteiger partial charge in [-0.25, -0.2) is 9.97 Å². The van der Waals surface area contributed by atoms with Crippen LogP contribution >= 0.6 is 23.5 Å². The molecule has 0 radical (unpaired) electrons. The van der Waals surface area contributed by atoms with Crippen LogP contribution in [0.15, 0.2) is 11.2 Å². The quantitative estimate of drug-likeness (QED) is 0.633. The van der Waals surface area contributed by atoms with Crippen LogP contribution in [0.4, 0.5) is 11.6 Å². The van der Waals surface area contributed by atoms with Crippen molar-refractivity contribution in [2.75, 3.05) is 42.0 Å². The summed E-state index contributed by atoms with van der Waals surface area (Å²) in [7, 11) is 1.88. The molecule has 6 heteroatoms. The molecule has 0 aliphatic carbocycles. The summed E-state index contributed by atoms with van der Waals surface area (Å²) in [6.45, 7) is 1.01. The van der Waals surface area contributed by atoms with E-state index in [0.29, 0.717) is 0 Å². The Morgan fingerprint density at radius 1 is 1.47 bits per heavy atom. The molecule has 1 unspecified atom stereocenters. The molecule has 4 nitrogen and oxygen atoms in total. The second-order valence-electron chi connectivity index (χ2n) is 3.99. The molecule has 2 heterocycles. The molecule has 0 bridgehead atoms. The highest BCUT2D eigenvalue weighted by molar-refractivity contribution is 7.99. The molecule has 0 spiro atoms. The lowest BCUT2D eigenvalue weighted by Gasteiger charge is -2.12. The Morgan fingerprint density at radius 2 is 2.29 bits per heavy atom. The van der Waals surface area contributed by atoms with E-state index in [1.54, 1.807) is 11.8 Å². The van der Waals surface area contributed by atoms with Crippen LogP contribution in [-0.2, 0) is 0 Å². The van der Waals surface area contributed by atoms with E-state index in [4.69, 9.17) is 0 Å². The summed E-state index contributed by atoms with van der Waals surface area (Å²) in [4.78, 5) is 8.80. The molecule has 2 N–H and O–H groups in total. The highest BCUT2D eigenvalue weighted by atomic mass is 32.2. The van der Waals surface area contributed by atoms with Crippen LogP contribution in [0.25, 0.3) is 0 Å². The van der Waals surface area contributed by atoms with Crippen LogP contribution in [-0.4, -0.2) is 41.3 Å². The molecule has 1 aliphatic heterocycles. The maximum absolute atomic E-state index is 4.45. The average Bonchev–Trinajstić information content (AvgIpc) is 2.89. The average molecular weight is 270 g/mol. The number of thioether (sulfide) groups is 2. The summed E-state index contributed by atoms with van der Waals surface area (Å²) in [5.41, 5.74) is 0. The Hall–Kier alpha value is -0.620. The van der Waals surface area contributed by atoms with Gasteiger partial charge in [-0.15, -0.1) is 0 Å². The van der Waals surface area contributed by atoms with E-state index in [9.17, 15) is 0 Å². The fourth-order valence-electron chi connectivity index (χ4n) is 1.73. The van der Waals surface area contributed by atoms with Crippen molar-refractivity contribution in [1.82, 2.24) is 9.97 Å². The number of anilines is 2. The van der Waals surface area contributed by atoms with Gasteiger partial charge >= 0.3 is 0 Å². The van der Waals surface area contributed by atoms with E-state index in [2.05, 4.69) is 20.6 Å². The second kappa shape index (κ2) is 6.35. The molecule has 94 valence electrons. The lowest BCUT2D eigenvalue weighted by atomic mass is 10.1. The van der Waals surface area contributed by atoms with Gasteiger partial charge in [0.2, 0.25) is 0 Å². The fraction of sp³-hybridized carbons (Fsp3) is 0.636. The zero-order valence-electron chi connectivity index (χ0n) is 10.2. The molecule has 1 aliphatic rings. The SMILES string of the molecule is CNc1cc(NCC2CCSC2)nc(SC)n1. The van der Waals surface area contributed by atoms with Gasteiger partial charge in [0.1, 0.15) is 11.6 Å². The molecule has 1 aromatic rings. The summed E-state index contributed by atoms with van der Waals surface area (Å²) in [6, 6.07) is 1.96. The molecule has 0 amide bonds. The van der Waals surface area contributed by atoms with Crippen molar-refractivity contribution in [2.45, 2.75) is 11.6 Å². The van der Waals surface area contributed by atoms with Crippen LogP contribution in [0.2, 0.25) is 0 Å². The first kappa shape index (κ1) is 12.8. The Balaban J connectivity index is 1.98. The number of nitrogens with one attached hydrogen (secondary N) is 2. The van der Waals surface area contributed by atoms with Crippen molar-refractivity contribution < 1.29 is 0 Å². The third-order valence-corrected chi connectivity index (χ3v) is 4.52. The summed E-state index contributed by atoms with van der Waals surface area (Å²) in [5.74, 6) is 5.14. The largest absolute Gasteiger partial charge is 0.373 e. The summed E-state index contributed by atoms with van der Waals surface area (Å²) in [6.07, 6.45) is 3.31. The van der Waals surface area contributed by atoms with Crippen molar-refractivity contribution in [3.05, 3.63) is 6.07 Å². The lowest BCUT2D eigenvalue weighted by Crippen LogP contribution is -2.14. The van der Waals surface area contributed by atoms with Gasteiger partial charge < -0.3 is 10.6 Å². The van der Waals surface area contributed by atoms with E-state index in [1.165, 1.54) is 17.9 Å². The Morgan fingerprint density at radius 3 is 2.94 bits per heavy atom. The molecule has 0 aromatic carbocycles. The van der Waals surface area contributed by atoms with E-state index in [-0.39, 0.29) is 0 Å². The minimum atomic E-state index is 0.783. The van der Waals surface area contributed by atoms with Crippen LogP contribution in [0, 0.1) is 5.92 Å². The number of nitrogens with zero attached hydrogens (tertiary/aromatic N) is 2. The fourth-order valence-corrected chi connectivity index (χ4v) is 3.39. The van der Waals surface area contributed by atoms with Gasteiger partial charge in [0.05, 0.1) is 0 Å². The van der Waals surface area contributed by atoms with Gasteiger partial charge in [-0.3, -0.25) is 0 Å². The van der Waals surface area contributed by atoms with Gasteiger partial charge in [-0.2, -0.15) is 11.8 Å². The minimum absolute atomic E-state index is 0.783. The number of hydrogen-bond acceptors (Lipinski definition) is 6. The third kappa shape index (κ3) is 3.67. The smallest absolute Gasteiger partial charge is 0.191 e. The number of aromatic nitrogens is 2. The second-order valence-corrected chi connectivity index (χ2v) is 5.91. The van der Waals surface area contributed by atoms with E-state index >= 15 is 0 Å². The van der Waals surface area contributed by atoms with Gasteiger partial charge in [0, 0.05) is 19.7 Å². The number of hydrogen-bond donors (Lipinski definition) is 2. The molecule has 1 saturated heterocycles. The molecule has 1 aromatic heterocycles. The van der Waals surface area contributed by atoms with Gasteiger partial charge in [0.15, 0.2) is 5.16 Å². The Kier molecular flexibility index (Phi) is 4.79. The van der Waals surface area contributed by atoms with Gasteiger partial charge in [-0.05, 0) is 30.1 Å². The molecule has 1 atom stereocenters. The normalized spacial score (nSPS) is 19.3. The van der Waals surface area contributed by atoms with E-state index < -0.39 is 0 Å². The third-order valence-electron chi connectivity index (χ3n) is 2.74. The molecule has 17 heavy (non-hydrogen) atoms. The summed E-state index contributed by atoms with van der Waals surface area (Å²) >= 11 is 3.61. The van der Waals surface area contributed by atoms with Gasteiger partial charge in [-0.1, -0.05) is 11.8 Å². The molecular weight excluding hydrogens is 252 g/mol. The van der Waals surface area contributed by atoms with Gasteiger partial charge in [0.25, 0.3) is 0 Å². The van der Waals surface area contributed by atoms with Crippen molar-refractivity contribution in [3.63, 3.8) is 0 Å². The molecular formula is C11H18N4S2. The monoisotopic (exact) mass is 270 g/mol. The zero-order chi connectivity index (χ0) is 12.1. The zero-order valence-corrected chi connectivity index (χ0v) is 11.8.